The second-order valence-corrected chi connectivity index (χ2v) is 5.59. The Balaban J connectivity index is 2.14. The predicted molar refractivity (Wildman–Crippen MR) is 81.8 cm³/mol. The summed E-state index contributed by atoms with van der Waals surface area (Å²) in [5.41, 5.74) is 0.365. The van der Waals surface area contributed by atoms with E-state index in [0.717, 1.165) is 6.07 Å². The van der Waals surface area contributed by atoms with Gasteiger partial charge in [0.1, 0.15) is 11.9 Å². The molecule has 1 atom stereocenters. The maximum absolute atomic E-state index is 14.2. The number of carboxylic acid groups (broad SMARTS) is 1. The maximum atomic E-state index is 14.2. The van der Waals surface area contributed by atoms with Crippen molar-refractivity contribution < 1.29 is 23.9 Å². The largest absolute Gasteiger partial charge is 0.465 e. The van der Waals surface area contributed by atoms with Crippen molar-refractivity contribution in [2.24, 2.45) is 5.92 Å². The van der Waals surface area contributed by atoms with Gasteiger partial charge in [-0.1, -0.05) is 13.8 Å². The molecular weight excluding hydrogens is 305 g/mol. The van der Waals surface area contributed by atoms with Crippen molar-refractivity contribution in [3.63, 3.8) is 0 Å². The number of carbonyl (C=O) groups is 3. The number of benzene rings is 1. The quantitative estimate of drug-likeness (QED) is 0.786. The van der Waals surface area contributed by atoms with Gasteiger partial charge >= 0.3 is 6.09 Å². The summed E-state index contributed by atoms with van der Waals surface area (Å²) in [5, 5.41) is 13.4. The average molecular weight is 323 g/mol. The fourth-order valence-electron chi connectivity index (χ4n) is 2.29. The van der Waals surface area contributed by atoms with Crippen LogP contribution < -0.4 is 15.5 Å². The highest BCUT2D eigenvalue weighted by Crippen LogP contribution is 2.27. The first-order valence-electron chi connectivity index (χ1n) is 7.21. The second kappa shape index (κ2) is 6.64. The zero-order chi connectivity index (χ0) is 17.1. The van der Waals surface area contributed by atoms with Gasteiger partial charge in [0, 0.05) is 18.2 Å². The number of nitrogens with zero attached hydrogens (tertiary/aromatic N) is 1. The topological polar surface area (TPSA) is 98.7 Å². The molecule has 0 saturated carbocycles. The summed E-state index contributed by atoms with van der Waals surface area (Å²) in [6, 6.07) is 3.17. The van der Waals surface area contributed by atoms with Crippen LogP contribution in [0.1, 0.15) is 20.3 Å². The van der Waals surface area contributed by atoms with E-state index in [4.69, 9.17) is 5.11 Å². The first kappa shape index (κ1) is 16.7. The fourth-order valence-corrected chi connectivity index (χ4v) is 2.29. The number of carbonyl (C=O) groups excluding carboxylic acids is 2. The standard InChI is InChI=1S/C15H18FN3O4/c1-8(2)13(20)17-9-3-4-12(10(16)7-9)19-6-5-11(14(19)21)18-15(22)23/h3-4,7-8,11,18H,5-6H2,1-2H3,(H,17,20)(H,22,23)/t11-/m0/s1. The molecule has 3 N–H and O–H groups in total. The Labute approximate surface area is 132 Å². The van der Waals surface area contributed by atoms with Crippen LogP contribution >= 0.6 is 0 Å². The van der Waals surface area contributed by atoms with E-state index in [0.29, 0.717) is 5.69 Å². The lowest BCUT2D eigenvalue weighted by atomic mass is 10.2. The number of halogens is 1. The zero-order valence-corrected chi connectivity index (χ0v) is 12.8. The van der Waals surface area contributed by atoms with Crippen LogP contribution in [-0.2, 0) is 9.59 Å². The van der Waals surface area contributed by atoms with Gasteiger partial charge in [0.15, 0.2) is 0 Å². The van der Waals surface area contributed by atoms with Crippen LogP contribution in [0, 0.1) is 11.7 Å². The molecule has 8 heteroatoms. The monoisotopic (exact) mass is 323 g/mol. The van der Waals surface area contributed by atoms with Gasteiger partial charge in [-0.15, -0.1) is 0 Å². The summed E-state index contributed by atoms with van der Waals surface area (Å²) in [4.78, 5) is 35.5. The van der Waals surface area contributed by atoms with E-state index in [9.17, 15) is 18.8 Å². The van der Waals surface area contributed by atoms with Crippen LogP contribution in [-0.4, -0.2) is 35.6 Å². The molecule has 0 unspecified atom stereocenters. The van der Waals surface area contributed by atoms with E-state index in [1.165, 1.54) is 17.0 Å². The van der Waals surface area contributed by atoms with Crippen molar-refractivity contribution in [2.75, 3.05) is 16.8 Å². The summed E-state index contributed by atoms with van der Waals surface area (Å²) in [5.74, 6) is -1.62. The molecule has 124 valence electrons. The molecule has 1 aromatic rings. The van der Waals surface area contributed by atoms with E-state index in [1.54, 1.807) is 13.8 Å². The molecule has 1 saturated heterocycles. The van der Waals surface area contributed by atoms with Gasteiger partial charge < -0.3 is 20.6 Å². The van der Waals surface area contributed by atoms with Crippen molar-refractivity contribution in [1.82, 2.24) is 5.32 Å². The maximum Gasteiger partial charge on any atom is 0.405 e. The highest BCUT2D eigenvalue weighted by molar-refractivity contribution is 6.01. The fraction of sp³-hybridized carbons (Fsp3) is 0.400. The Morgan fingerprint density at radius 1 is 1.39 bits per heavy atom. The highest BCUT2D eigenvalue weighted by atomic mass is 19.1. The third-order valence-electron chi connectivity index (χ3n) is 3.53. The van der Waals surface area contributed by atoms with Crippen LogP contribution in [0.5, 0.6) is 0 Å². The molecule has 0 radical (unpaired) electrons. The van der Waals surface area contributed by atoms with Crippen molar-refractivity contribution in [3.8, 4) is 0 Å². The van der Waals surface area contributed by atoms with Crippen LogP contribution in [0.4, 0.5) is 20.6 Å². The lowest BCUT2D eigenvalue weighted by molar-refractivity contribution is -0.119. The van der Waals surface area contributed by atoms with Gasteiger partial charge in [-0.2, -0.15) is 0 Å². The van der Waals surface area contributed by atoms with Gasteiger partial charge in [-0.25, -0.2) is 9.18 Å². The lowest BCUT2D eigenvalue weighted by Gasteiger charge is -2.18. The van der Waals surface area contributed by atoms with Crippen LogP contribution in [0.2, 0.25) is 0 Å². The Morgan fingerprint density at radius 2 is 2.09 bits per heavy atom. The van der Waals surface area contributed by atoms with Gasteiger partial charge in [-0.05, 0) is 24.6 Å². The number of amides is 3. The molecule has 1 aliphatic rings. The Kier molecular flexibility index (Phi) is 4.83. The van der Waals surface area contributed by atoms with Crippen molar-refractivity contribution in [2.45, 2.75) is 26.3 Å². The molecule has 0 aromatic heterocycles. The van der Waals surface area contributed by atoms with E-state index in [-0.39, 0.29) is 30.5 Å². The molecule has 7 nitrogen and oxygen atoms in total. The van der Waals surface area contributed by atoms with E-state index >= 15 is 0 Å². The first-order chi connectivity index (χ1) is 10.8. The zero-order valence-electron chi connectivity index (χ0n) is 12.8. The molecule has 3 amide bonds. The van der Waals surface area contributed by atoms with Gasteiger partial charge in [0.25, 0.3) is 0 Å². The number of hydrogen-bond donors (Lipinski definition) is 3. The number of rotatable bonds is 4. The van der Waals surface area contributed by atoms with E-state index < -0.39 is 23.9 Å². The highest BCUT2D eigenvalue weighted by Gasteiger charge is 2.34. The second-order valence-electron chi connectivity index (χ2n) is 5.59. The van der Waals surface area contributed by atoms with Crippen molar-refractivity contribution in [1.29, 1.82) is 0 Å². The molecule has 2 rings (SSSR count). The Morgan fingerprint density at radius 3 is 2.65 bits per heavy atom. The molecule has 1 heterocycles. The van der Waals surface area contributed by atoms with Gasteiger partial charge in [-0.3, -0.25) is 9.59 Å². The summed E-state index contributed by atoms with van der Waals surface area (Å²) in [6.45, 7) is 3.66. The third kappa shape index (κ3) is 3.77. The van der Waals surface area contributed by atoms with Gasteiger partial charge in [0.05, 0.1) is 5.69 Å². The summed E-state index contributed by atoms with van der Waals surface area (Å²) < 4.78 is 14.2. The van der Waals surface area contributed by atoms with Crippen LogP contribution in [0.25, 0.3) is 0 Å². The molecular formula is C15H18FN3O4. The molecule has 23 heavy (non-hydrogen) atoms. The first-order valence-corrected chi connectivity index (χ1v) is 7.21. The molecule has 0 aliphatic carbocycles. The molecule has 0 spiro atoms. The number of nitrogens with one attached hydrogen (secondary N) is 2. The molecule has 1 fully saturated rings. The average Bonchev–Trinajstić information content (AvgIpc) is 2.80. The summed E-state index contributed by atoms with van der Waals surface area (Å²) in [6.07, 6.45) is -1.02. The predicted octanol–water partition coefficient (Wildman–Crippen LogP) is 1.79. The minimum absolute atomic E-state index is 0.0623. The third-order valence-corrected chi connectivity index (χ3v) is 3.53. The lowest BCUT2D eigenvalue weighted by Crippen LogP contribution is -2.41. The molecule has 1 aliphatic heterocycles. The summed E-state index contributed by atoms with van der Waals surface area (Å²) in [7, 11) is 0. The van der Waals surface area contributed by atoms with Crippen LogP contribution in [0.15, 0.2) is 18.2 Å². The minimum Gasteiger partial charge on any atom is -0.465 e. The Hall–Kier alpha value is -2.64. The molecule has 1 aromatic carbocycles. The van der Waals surface area contributed by atoms with E-state index in [1.807, 2.05) is 0 Å². The molecule has 0 bridgehead atoms. The Bertz CT molecular complexity index is 648. The SMILES string of the molecule is CC(C)C(=O)Nc1ccc(N2CC[C@H](NC(=O)O)C2=O)c(F)c1. The summed E-state index contributed by atoms with van der Waals surface area (Å²) >= 11 is 0. The van der Waals surface area contributed by atoms with Crippen molar-refractivity contribution >= 4 is 29.3 Å². The smallest absolute Gasteiger partial charge is 0.405 e. The van der Waals surface area contributed by atoms with E-state index in [2.05, 4.69) is 10.6 Å². The minimum atomic E-state index is -1.29. The number of hydrogen-bond acceptors (Lipinski definition) is 3. The van der Waals surface area contributed by atoms with Crippen LogP contribution in [0.3, 0.4) is 0 Å². The van der Waals surface area contributed by atoms with Gasteiger partial charge in [0.2, 0.25) is 11.8 Å². The number of anilines is 2. The normalized spacial score (nSPS) is 17.5. The van der Waals surface area contributed by atoms with Crippen molar-refractivity contribution in [3.05, 3.63) is 24.0 Å².